The lowest BCUT2D eigenvalue weighted by Gasteiger charge is -2.55. The lowest BCUT2D eigenvalue weighted by atomic mass is 10.1. The van der Waals surface area contributed by atoms with Gasteiger partial charge in [-0.3, -0.25) is 0 Å². The van der Waals surface area contributed by atoms with Gasteiger partial charge in [0.05, 0.1) is 0 Å². The molecule has 0 saturated heterocycles. The molecule has 0 aromatic heterocycles. The second kappa shape index (κ2) is 10.5. The second-order valence-corrected chi connectivity index (χ2v) is 33.7. The van der Waals surface area contributed by atoms with E-state index in [0.717, 1.165) is 0 Å². The van der Waals surface area contributed by atoms with Gasteiger partial charge in [0.1, 0.15) is 16.2 Å². The Kier molecular flexibility index (Phi) is 13.6. The molecule has 0 aliphatic heterocycles. The van der Waals surface area contributed by atoms with Crippen molar-refractivity contribution < 1.29 is 8.76 Å². The van der Waals surface area contributed by atoms with Crippen LogP contribution in [0.1, 0.15) is 0 Å². The number of alkyl halides is 15. The van der Waals surface area contributed by atoms with Crippen molar-refractivity contribution in [3.05, 3.63) is 0 Å². The largest absolute Gasteiger partial charge is 0.304 e. The summed E-state index contributed by atoms with van der Waals surface area (Å²) in [6.07, 6.45) is 0. The van der Waals surface area contributed by atoms with E-state index in [2.05, 4.69) is 239 Å². The maximum atomic E-state index is 11.9. The lowest BCUT2D eigenvalue weighted by Crippen LogP contribution is -2.66. The molecule has 0 rings (SSSR count). The van der Waals surface area contributed by atoms with E-state index in [-0.39, 0.29) is 0 Å². The molecule has 0 saturated carbocycles. The van der Waals surface area contributed by atoms with Gasteiger partial charge in [-0.2, -0.15) is 0 Å². The summed E-state index contributed by atoms with van der Waals surface area (Å²) in [6, 6.07) is 0. The van der Waals surface area contributed by atoms with Gasteiger partial charge >= 0.3 is 0 Å². The van der Waals surface area contributed by atoms with E-state index in [0.29, 0.717) is 0 Å². The Balaban J connectivity index is 6.55. The molecule has 0 fully saturated rings. The van der Waals surface area contributed by atoms with Gasteiger partial charge in [-0.05, 0) is 0 Å². The average molecular weight is 1350 g/mol. The third kappa shape index (κ3) is 5.94. The van der Waals surface area contributed by atoms with Gasteiger partial charge in [0.15, 0.2) is 13.2 Å². The van der Waals surface area contributed by atoms with Crippen LogP contribution in [-0.4, -0.2) is 29.6 Å². The molecule has 0 amide bonds. The number of halogens is 15. The summed E-state index contributed by atoms with van der Waals surface area (Å²) in [5.74, 6) is 0. The normalized spacial score (nSPS) is 17.6. The number of hydrogen-bond donors (Lipinski definition) is 1. The Labute approximate surface area is 273 Å². The number of rotatable bonds is 6. The molecule has 25 heavy (non-hydrogen) atoms. The highest BCUT2D eigenvalue weighted by molar-refractivity contribution is 9.42. The maximum Gasteiger partial charge on any atom is 0.207 e. The van der Waals surface area contributed by atoms with Crippen LogP contribution in [0.25, 0.3) is 0 Å². The molecule has 1 unspecified atom stereocenters. The average Bonchev–Trinajstić information content (AvgIpc) is 2.35. The van der Waals surface area contributed by atoms with Crippen molar-refractivity contribution in [2.75, 3.05) is 0 Å². The Morgan fingerprint density at radius 3 is 0.960 bits per heavy atom. The van der Waals surface area contributed by atoms with Gasteiger partial charge in [-0.15, -0.1) is 0 Å². The summed E-state index contributed by atoms with van der Waals surface area (Å²) in [7, 11) is 0. The van der Waals surface area contributed by atoms with E-state index in [1.54, 1.807) is 0 Å². The highest BCUT2D eigenvalue weighted by Crippen LogP contribution is 2.76. The van der Waals surface area contributed by atoms with Crippen LogP contribution in [0.15, 0.2) is 0 Å². The Hall–Kier alpha value is 7.31. The molecule has 152 valence electrons. The Bertz CT molecular complexity index is 534. The summed E-state index contributed by atoms with van der Waals surface area (Å²) >= 11 is 50.6. The summed E-state index contributed by atoms with van der Waals surface area (Å²) in [4.78, 5) is 0. The first-order valence-corrected chi connectivity index (χ1v) is 17.9. The zero-order chi connectivity index (χ0) is 21.1. The monoisotopic (exact) mass is 1330 g/mol. The van der Waals surface area contributed by atoms with Crippen molar-refractivity contribution in [1.82, 2.24) is 0 Å². The molecule has 1 N–H and O–H groups in total. The zero-order valence-electron chi connectivity index (χ0n) is 10.4. The molecule has 0 spiro atoms. The standard InChI is InChI=1S/C7HBr15O2S/c8-1(9,2(10,11)4(14,15)6(18,19)20)3(12,13)5(16,17)7(21,22)25(23)24/h(H,23,24). The fourth-order valence-electron chi connectivity index (χ4n) is 1.06. The molecular formula is C7HBr15O2S. The molecule has 2 nitrogen and oxygen atoms in total. The lowest BCUT2D eigenvalue weighted by molar-refractivity contribution is 0.548. The van der Waals surface area contributed by atoms with E-state index in [9.17, 15) is 8.76 Å². The van der Waals surface area contributed by atoms with Crippen LogP contribution < -0.4 is 0 Å². The van der Waals surface area contributed by atoms with Crippen LogP contribution in [0.3, 0.4) is 0 Å². The van der Waals surface area contributed by atoms with E-state index >= 15 is 0 Å². The van der Waals surface area contributed by atoms with Crippen molar-refractivity contribution in [3.8, 4) is 0 Å². The van der Waals surface area contributed by atoms with Gasteiger partial charge in [-0.25, -0.2) is 4.21 Å². The molecule has 0 aliphatic rings. The van der Waals surface area contributed by atoms with E-state index in [1.807, 2.05) is 0 Å². The highest BCUT2D eigenvalue weighted by atomic mass is 80.0. The minimum absolute atomic E-state index is 0.836. The molecule has 0 aliphatic carbocycles. The minimum Gasteiger partial charge on any atom is -0.304 e. The molecule has 0 heterocycles. The van der Waals surface area contributed by atoms with E-state index < -0.39 is 32.0 Å². The molecule has 0 bridgehead atoms. The molecule has 0 aromatic carbocycles. The van der Waals surface area contributed by atoms with Crippen molar-refractivity contribution in [1.29, 1.82) is 0 Å². The summed E-state index contributed by atoms with van der Waals surface area (Å²) in [5.41, 5.74) is 0. The first kappa shape index (κ1) is 32.3. The number of hydrogen-bond acceptors (Lipinski definition) is 1. The summed E-state index contributed by atoms with van der Waals surface area (Å²) in [6.45, 7) is 0. The second-order valence-electron chi connectivity index (χ2n) is 4.14. The first-order valence-electron chi connectivity index (χ1n) is 4.89. The van der Waals surface area contributed by atoms with Crippen molar-refractivity contribution >= 4 is 250 Å². The summed E-state index contributed by atoms with van der Waals surface area (Å²) in [5, 5.41) is 0. The van der Waals surface area contributed by atoms with Crippen LogP contribution in [0.5, 0.6) is 0 Å². The molecular weight excluding hydrogens is 1350 g/mol. The Morgan fingerprint density at radius 2 is 0.720 bits per heavy atom. The smallest absolute Gasteiger partial charge is 0.207 e. The molecule has 0 radical (unpaired) electrons. The SMILES string of the molecule is O=S(O)C(Br)(Br)C(Br)(Br)C(Br)(Br)C(Br)(Br)C(Br)(Br)C(Br)(Br)C(Br)(Br)Br. The zero-order valence-corrected chi connectivity index (χ0v) is 35.0. The van der Waals surface area contributed by atoms with Gasteiger partial charge < -0.3 is 4.55 Å². The van der Waals surface area contributed by atoms with Crippen molar-refractivity contribution in [3.63, 3.8) is 0 Å². The maximum absolute atomic E-state index is 11.9. The van der Waals surface area contributed by atoms with Crippen LogP contribution in [-0.2, 0) is 11.1 Å². The van der Waals surface area contributed by atoms with Crippen LogP contribution in [0.4, 0.5) is 0 Å². The van der Waals surface area contributed by atoms with Gasteiger partial charge in [-0.1, -0.05) is 239 Å². The van der Waals surface area contributed by atoms with Gasteiger partial charge in [0.2, 0.25) is 2.57 Å². The first-order chi connectivity index (χ1) is 10.4. The molecule has 1 atom stereocenters. The topological polar surface area (TPSA) is 37.3 Å². The van der Waals surface area contributed by atoms with Gasteiger partial charge in [0.25, 0.3) is 0 Å². The predicted molar refractivity (Wildman–Crippen MR) is 164 cm³/mol. The van der Waals surface area contributed by atoms with E-state index in [4.69, 9.17) is 0 Å². The van der Waals surface area contributed by atoms with Gasteiger partial charge in [0, 0.05) is 0 Å². The third-order valence-corrected chi connectivity index (χ3v) is 34.2. The highest BCUT2D eigenvalue weighted by Gasteiger charge is 2.76. The molecule has 0 aromatic rings. The third-order valence-electron chi connectivity index (χ3n) is 2.52. The van der Waals surface area contributed by atoms with Crippen LogP contribution in [0, 0.1) is 0 Å². The Morgan fingerprint density at radius 1 is 0.480 bits per heavy atom. The van der Waals surface area contributed by atoms with Crippen LogP contribution in [0.2, 0.25) is 0 Å². The van der Waals surface area contributed by atoms with Crippen LogP contribution >= 0.6 is 239 Å². The quantitative estimate of drug-likeness (QED) is 0.213. The summed E-state index contributed by atoms with van der Waals surface area (Å²) < 4.78 is 13.6. The fraction of sp³-hybridized carbons (Fsp3) is 1.00. The van der Waals surface area contributed by atoms with Crippen molar-refractivity contribution in [2.45, 2.75) is 20.9 Å². The van der Waals surface area contributed by atoms with E-state index in [1.165, 1.54) is 0 Å². The fourth-order valence-corrected chi connectivity index (χ4v) is 14.6. The van der Waals surface area contributed by atoms with Crippen molar-refractivity contribution in [2.24, 2.45) is 0 Å². The molecule has 18 heteroatoms. The predicted octanol–water partition coefficient (Wildman–Crippen LogP) is 10.9. The minimum atomic E-state index is -2.34.